The number of carboxylic acid groups (broad SMARTS) is 1. The zero-order valence-corrected chi connectivity index (χ0v) is 11.4. The van der Waals surface area contributed by atoms with Gasteiger partial charge in [-0.1, -0.05) is 36.4 Å². The summed E-state index contributed by atoms with van der Waals surface area (Å²) in [7, 11) is 0. The fraction of sp³-hybridized carbons (Fsp3) is 0.0588. The third-order valence-electron chi connectivity index (χ3n) is 3.52. The van der Waals surface area contributed by atoms with E-state index in [0.717, 1.165) is 5.56 Å². The van der Waals surface area contributed by atoms with Gasteiger partial charge in [-0.25, -0.2) is 0 Å². The maximum atomic E-state index is 12.6. The zero-order valence-electron chi connectivity index (χ0n) is 11.4. The number of hydrogen-bond donors (Lipinski definition) is 0. The van der Waals surface area contributed by atoms with Gasteiger partial charge in [0.15, 0.2) is 0 Å². The first-order valence-corrected chi connectivity index (χ1v) is 6.51. The van der Waals surface area contributed by atoms with Gasteiger partial charge in [-0.3, -0.25) is 9.36 Å². The molecule has 1 heterocycles. The molecule has 3 rings (SSSR count). The molecule has 0 unspecified atom stereocenters. The van der Waals surface area contributed by atoms with E-state index < -0.39 is 5.97 Å². The molecular weight excluding hydrogens is 266 g/mol. The number of aryl methyl sites for hydroxylation is 1. The van der Waals surface area contributed by atoms with E-state index in [9.17, 15) is 14.7 Å². The summed E-state index contributed by atoms with van der Waals surface area (Å²) in [6, 6.07) is 14.0. The Labute approximate surface area is 120 Å². The number of para-hydroxylation sites is 1. The van der Waals surface area contributed by atoms with Crippen LogP contribution in [0.25, 0.3) is 16.5 Å². The highest BCUT2D eigenvalue weighted by atomic mass is 16.4. The second-order valence-electron chi connectivity index (χ2n) is 4.84. The summed E-state index contributed by atoms with van der Waals surface area (Å²) in [6.07, 6.45) is 1.34. The maximum absolute atomic E-state index is 12.6. The number of carboxylic acids is 1. The van der Waals surface area contributed by atoms with Crippen molar-refractivity contribution in [2.75, 3.05) is 0 Å². The summed E-state index contributed by atoms with van der Waals surface area (Å²) >= 11 is 0. The Hall–Kier alpha value is -2.88. The smallest absolute Gasteiger partial charge is 0.263 e. The fourth-order valence-electron chi connectivity index (χ4n) is 2.47. The van der Waals surface area contributed by atoms with Gasteiger partial charge in [-0.2, -0.15) is 0 Å². The predicted octanol–water partition coefficient (Wildman–Crippen LogP) is 1.66. The lowest BCUT2D eigenvalue weighted by Gasteiger charge is -2.14. The van der Waals surface area contributed by atoms with Crippen molar-refractivity contribution in [1.29, 1.82) is 0 Å². The van der Waals surface area contributed by atoms with E-state index in [1.807, 2.05) is 25.1 Å². The molecular formula is C17H12NO3-. The molecule has 0 saturated carbocycles. The van der Waals surface area contributed by atoms with Crippen LogP contribution in [0.1, 0.15) is 15.9 Å². The normalized spacial score (nSPS) is 10.7. The van der Waals surface area contributed by atoms with Gasteiger partial charge < -0.3 is 9.90 Å². The van der Waals surface area contributed by atoms with E-state index >= 15 is 0 Å². The van der Waals surface area contributed by atoms with E-state index in [1.54, 1.807) is 30.3 Å². The number of fused-ring (bicyclic) bond motifs is 1. The van der Waals surface area contributed by atoms with Crippen molar-refractivity contribution in [2.24, 2.45) is 0 Å². The molecule has 21 heavy (non-hydrogen) atoms. The van der Waals surface area contributed by atoms with Gasteiger partial charge in [-0.15, -0.1) is 0 Å². The molecule has 0 spiro atoms. The van der Waals surface area contributed by atoms with Crippen LogP contribution in [-0.4, -0.2) is 10.5 Å². The van der Waals surface area contributed by atoms with Crippen molar-refractivity contribution >= 4 is 16.7 Å². The van der Waals surface area contributed by atoms with Crippen molar-refractivity contribution in [3.63, 3.8) is 0 Å². The Morgan fingerprint density at radius 2 is 1.62 bits per heavy atom. The first kappa shape index (κ1) is 13.1. The lowest BCUT2D eigenvalue weighted by atomic mass is 10.1. The SMILES string of the molecule is Cc1ccccc1-n1cc(C(=O)[O-])c2ccccc2c1=O. The minimum Gasteiger partial charge on any atom is -0.545 e. The summed E-state index contributed by atoms with van der Waals surface area (Å²) in [6.45, 7) is 1.87. The van der Waals surface area contributed by atoms with Gasteiger partial charge >= 0.3 is 0 Å². The number of benzene rings is 2. The van der Waals surface area contributed by atoms with Crippen molar-refractivity contribution in [2.45, 2.75) is 6.92 Å². The Kier molecular flexibility index (Phi) is 3.06. The summed E-state index contributed by atoms with van der Waals surface area (Å²) in [5.74, 6) is -1.30. The minimum absolute atomic E-state index is 0.00783. The number of aromatic carboxylic acids is 1. The van der Waals surface area contributed by atoms with Crippen LogP contribution in [-0.2, 0) is 0 Å². The summed E-state index contributed by atoms with van der Waals surface area (Å²) in [5.41, 5.74) is 1.31. The molecule has 1 aromatic heterocycles. The molecule has 0 bridgehead atoms. The third-order valence-corrected chi connectivity index (χ3v) is 3.52. The van der Waals surface area contributed by atoms with E-state index in [-0.39, 0.29) is 11.1 Å². The third kappa shape index (κ3) is 2.10. The molecule has 0 fully saturated rings. The number of rotatable bonds is 2. The zero-order chi connectivity index (χ0) is 15.0. The number of nitrogens with zero attached hydrogens (tertiary/aromatic N) is 1. The van der Waals surface area contributed by atoms with E-state index in [1.165, 1.54) is 10.8 Å². The molecule has 0 radical (unpaired) electrons. The highest BCUT2D eigenvalue weighted by Crippen LogP contribution is 2.18. The summed E-state index contributed by atoms with van der Waals surface area (Å²) < 4.78 is 1.36. The van der Waals surface area contributed by atoms with Gasteiger partial charge in [0.25, 0.3) is 5.56 Å². The van der Waals surface area contributed by atoms with Crippen molar-refractivity contribution < 1.29 is 9.90 Å². The quantitative estimate of drug-likeness (QED) is 0.716. The highest BCUT2D eigenvalue weighted by Gasteiger charge is 2.11. The van der Waals surface area contributed by atoms with Crippen LogP contribution in [0.3, 0.4) is 0 Å². The molecule has 4 nitrogen and oxygen atoms in total. The van der Waals surface area contributed by atoms with Crippen molar-refractivity contribution in [3.8, 4) is 5.69 Å². The lowest BCUT2D eigenvalue weighted by molar-refractivity contribution is -0.254. The molecule has 104 valence electrons. The molecule has 0 N–H and O–H groups in total. The van der Waals surface area contributed by atoms with Crippen LogP contribution in [0.4, 0.5) is 0 Å². The Balaban J connectivity index is 2.45. The van der Waals surface area contributed by atoms with Crippen LogP contribution in [0.2, 0.25) is 0 Å². The molecule has 3 aromatic rings. The number of pyridine rings is 1. The van der Waals surface area contributed by atoms with Crippen LogP contribution in [0.5, 0.6) is 0 Å². The molecule has 2 aromatic carbocycles. The number of hydrogen-bond acceptors (Lipinski definition) is 3. The minimum atomic E-state index is -1.30. The van der Waals surface area contributed by atoms with Crippen LogP contribution in [0, 0.1) is 6.92 Å². The Morgan fingerprint density at radius 3 is 2.29 bits per heavy atom. The average Bonchev–Trinajstić information content (AvgIpc) is 2.48. The van der Waals surface area contributed by atoms with Crippen molar-refractivity contribution in [3.05, 3.63) is 76.2 Å². The first-order valence-electron chi connectivity index (χ1n) is 6.51. The van der Waals surface area contributed by atoms with Crippen LogP contribution in [0.15, 0.2) is 59.5 Å². The molecule has 0 saturated heterocycles. The fourth-order valence-corrected chi connectivity index (χ4v) is 2.47. The first-order chi connectivity index (χ1) is 10.1. The van der Waals surface area contributed by atoms with E-state index in [2.05, 4.69) is 0 Å². The summed E-state index contributed by atoms with van der Waals surface area (Å²) in [4.78, 5) is 24.0. The predicted molar refractivity (Wildman–Crippen MR) is 78.6 cm³/mol. The van der Waals surface area contributed by atoms with Gasteiger partial charge in [0, 0.05) is 17.1 Å². The second-order valence-corrected chi connectivity index (χ2v) is 4.84. The maximum Gasteiger partial charge on any atom is 0.263 e. The van der Waals surface area contributed by atoms with Crippen molar-refractivity contribution in [1.82, 2.24) is 4.57 Å². The summed E-state index contributed by atoms with van der Waals surface area (Å²) in [5, 5.41) is 12.1. The topological polar surface area (TPSA) is 62.1 Å². The number of carbonyl (C=O) groups is 1. The van der Waals surface area contributed by atoms with Gasteiger partial charge in [0.1, 0.15) is 0 Å². The van der Waals surface area contributed by atoms with E-state index in [4.69, 9.17) is 0 Å². The molecule has 4 heteroatoms. The average molecular weight is 278 g/mol. The molecule has 0 aliphatic carbocycles. The standard InChI is InChI=1S/C17H13NO3/c1-11-6-2-5-9-15(11)18-10-14(17(20)21)12-7-3-4-8-13(12)16(18)19/h2-10H,1H3,(H,20,21)/p-1. The molecule has 0 atom stereocenters. The number of aromatic nitrogens is 1. The monoisotopic (exact) mass is 278 g/mol. The van der Waals surface area contributed by atoms with Crippen LogP contribution < -0.4 is 10.7 Å². The lowest BCUT2D eigenvalue weighted by Crippen LogP contribution is -2.27. The van der Waals surface area contributed by atoms with Gasteiger partial charge in [-0.05, 0) is 30.0 Å². The Morgan fingerprint density at radius 1 is 1.00 bits per heavy atom. The number of carbonyl (C=O) groups excluding carboxylic acids is 1. The molecule has 0 aliphatic rings. The largest absolute Gasteiger partial charge is 0.545 e. The highest BCUT2D eigenvalue weighted by molar-refractivity contribution is 6.02. The molecule has 0 aliphatic heterocycles. The van der Waals surface area contributed by atoms with E-state index in [0.29, 0.717) is 16.5 Å². The second kappa shape index (κ2) is 4.90. The Bertz CT molecular complexity index is 909. The molecule has 0 amide bonds. The van der Waals surface area contributed by atoms with Gasteiger partial charge in [0.05, 0.1) is 11.7 Å². The van der Waals surface area contributed by atoms with Crippen LogP contribution >= 0.6 is 0 Å². The van der Waals surface area contributed by atoms with Gasteiger partial charge in [0.2, 0.25) is 0 Å².